The Morgan fingerprint density at radius 3 is 2.51 bits per heavy atom. The molecule has 0 saturated carbocycles. The van der Waals surface area contributed by atoms with Gasteiger partial charge in [0.1, 0.15) is 6.04 Å². The summed E-state index contributed by atoms with van der Waals surface area (Å²) in [5.41, 5.74) is 4.89. The van der Waals surface area contributed by atoms with Gasteiger partial charge in [0.25, 0.3) is 5.91 Å². The Balaban J connectivity index is 0.879. The fraction of sp³-hybridized carbons (Fsp3) is 0.333. The van der Waals surface area contributed by atoms with Crippen LogP contribution in [0.15, 0.2) is 93.9 Å². The minimum Gasteiger partial charge on any atom is -0.378 e. The molecule has 16 nitrogen and oxygen atoms in total. The van der Waals surface area contributed by atoms with Crippen LogP contribution in [0.4, 0.5) is 10.8 Å². The highest BCUT2D eigenvalue weighted by atomic mass is 32.2. The van der Waals surface area contributed by atoms with Gasteiger partial charge in [0.2, 0.25) is 27.7 Å². The van der Waals surface area contributed by atoms with E-state index in [-0.39, 0.29) is 48.0 Å². The predicted molar refractivity (Wildman–Crippen MR) is 246 cm³/mol. The lowest BCUT2D eigenvalue weighted by molar-refractivity contribution is -0.135. The van der Waals surface area contributed by atoms with Gasteiger partial charge in [0.15, 0.2) is 5.13 Å². The molecule has 0 spiro atoms. The van der Waals surface area contributed by atoms with E-state index in [0.717, 1.165) is 48.1 Å². The van der Waals surface area contributed by atoms with E-state index in [1.807, 2.05) is 66.8 Å². The van der Waals surface area contributed by atoms with E-state index in [1.54, 1.807) is 37.4 Å². The second-order valence-corrected chi connectivity index (χ2v) is 18.7. The maximum atomic E-state index is 14.0. The van der Waals surface area contributed by atoms with Crippen LogP contribution in [0.2, 0.25) is 0 Å². The SMILES string of the molecule is CN(C)c1cccc(-c2csc(NC(=O)CNC(=O)c3cc(S(=O)(=O)N(C)CCCCNCCCc4ccc5c(c4)n(C)c(=O)n5C4CCC(=O)NC4=O)c4ccccc4c3)n2)c1. The van der Waals surface area contributed by atoms with Gasteiger partial charge in [-0.25, -0.2) is 22.5 Å². The van der Waals surface area contributed by atoms with Crippen molar-refractivity contribution in [3.05, 3.63) is 106 Å². The molecule has 1 aliphatic heterocycles. The molecule has 4 aromatic carbocycles. The van der Waals surface area contributed by atoms with Crippen LogP contribution < -0.4 is 31.9 Å². The molecule has 1 aliphatic rings. The third-order valence-electron chi connectivity index (χ3n) is 11.2. The Morgan fingerprint density at radius 1 is 0.921 bits per heavy atom. The summed E-state index contributed by atoms with van der Waals surface area (Å²) in [6, 6.07) is 22.9. The number of anilines is 2. The number of thiazole rings is 1. The van der Waals surface area contributed by atoms with Crippen molar-refractivity contribution < 1.29 is 27.6 Å². The third kappa shape index (κ3) is 10.2. The topological polar surface area (TPSA) is 197 Å². The van der Waals surface area contributed by atoms with Gasteiger partial charge in [-0.15, -0.1) is 11.3 Å². The number of carbonyl (C=O) groups excluding carboxylic acids is 4. The van der Waals surface area contributed by atoms with Crippen molar-refractivity contribution in [1.29, 1.82) is 0 Å². The monoisotopic (exact) mass is 893 g/mol. The molecule has 4 N–H and O–H groups in total. The minimum atomic E-state index is -4.00. The van der Waals surface area contributed by atoms with Crippen LogP contribution in [-0.2, 0) is 37.9 Å². The lowest BCUT2D eigenvalue weighted by Crippen LogP contribution is -2.44. The molecule has 2 aromatic heterocycles. The molecule has 63 heavy (non-hydrogen) atoms. The largest absolute Gasteiger partial charge is 0.378 e. The number of hydrogen-bond acceptors (Lipinski definition) is 11. The van der Waals surface area contributed by atoms with Gasteiger partial charge in [-0.05, 0) is 92.5 Å². The average molecular weight is 894 g/mol. The molecule has 330 valence electrons. The minimum absolute atomic E-state index is 0.00951. The van der Waals surface area contributed by atoms with Crippen LogP contribution in [0.3, 0.4) is 0 Å². The van der Waals surface area contributed by atoms with Crippen LogP contribution in [0, 0.1) is 0 Å². The number of fused-ring (bicyclic) bond motifs is 2. The molecule has 1 atom stereocenters. The van der Waals surface area contributed by atoms with Crippen LogP contribution >= 0.6 is 11.3 Å². The zero-order valence-electron chi connectivity index (χ0n) is 35.6. The summed E-state index contributed by atoms with van der Waals surface area (Å²) in [5, 5.41) is 14.4. The Labute approximate surface area is 369 Å². The molecular formula is C45H51N9O7S2. The molecule has 3 heterocycles. The first-order chi connectivity index (χ1) is 30.2. The van der Waals surface area contributed by atoms with Crippen molar-refractivity contribution in [1.82, 2.24) is 34.4 Å². The van der Waals surface area contributed by atoms with E-state index in [4.69, 9.17) is 0 Å². The van der Waals surface area contributed by atoms with E-state index in [2.05, 4.69) is 26.3 Å². The summed E-state index contributed by atoms with van der Waals surface area (Å²) in [6.07, 6.45) is 3.41. The fourth-order valence-electron chi connectivity index (χ4n) is 7.66. The number of nitrogens with one attached hydrogen (secondary N) is 4. The van der Waals surface area contributed by atoms with Crippen molar-refractivity contribution in [3.8, 4) is 11.3 Å². The van der Waals surface area contributed by atoms with E-state index in [1.165, 1.54) is 37.9 Å². The molecule has 7 rings (SSSR count). The predicted octanol–water partition coefficient (Wildman–Crippen LogP) is 4.65. The highest BCUT2D eigenvalue weighted by molar-refractivity contribution is 7.89. The molecule has 0 aliphatic carbocycles. The fourth-order valence-corrected chi connectivity index (χ4v) is 9.84. The number of unbranched alkanes of at least 4 members (excludes halogenated alkanes) is 1. The summed E-state index contributed by atoms with van der Waals surface area (Å²) in [4.78, 5) is 70.0. The number of imidazole rings is 1. The summed E-state index contributed by atoms with van der Waals surface area (Å²) in [6.45, 7) is 1.36. The third-order valence-corrected chi connectivity index (χ3v) is 13.8. The number of benzene rings is 4. The van der Waals surface area contributed by atoms with Crippen LogP contribution in [0.25, 0.3) is 33.1 Å². The van der Waals surface area contributed by atoms with Gasteiger partial charge in [0, 0.05) is 68.7 Å². The lowest BCUT2D eigenvalue weighted by Gasteiger charge is -2.21. The highest BCUT2D eigenvalue weighted by Gasteiger charge is 2.31. The van der Waals surface area contributed by atoms with E-state index in [9.17, 15) is 32.4 Å². The summed E-state index contributed by atoms with van der Waals surface area (Å²) in [5.74, 6) is -1.85. The normalized spacial score (nSPS) is 14.3. The van der Waals surface area contributed by atoms with E-state index >= 15 is 0 Å². The van der Waals surface area contributed by atoms with Crippen LogP contribution in [-0.4, -0.2) is 97.8 Å². The number of aromatic nitrogens is 3. The smallest absolute Gasteiger partial charge is 0.329 e. The van der Waals surface area contributed by atoms with Gasteiger partial charge in [-0.3, -0.25) is 33.6 Å². The maximum Gasteiger partial charge on any atom is 0.329 e. The number of nitrogens with zero attached hydrogens (tertiary/aromatic N) is 5. The van der Waals surface area contributed by atoms with Crippen molar-refractivity contribution >= 4 is 77.6 Å². The molecule has 4 amide bonds. The first-order valence-corrected chi connectivity index (χ1v) is 23.1. The number of carbonyl (C=O) groups is 4. The summed E-state index contributed by atoms with van der Waals surface area (Å²) >= 11 is 1.27. The van der Waals surface area contributed by atoms with E-state index in [0.29, 0.717) is 40.1 Å². The Kier molecular flexibility index (Phi) is 13.8. The lowest BCUT2D eigenvalue weighted by atomic mass is 10.1. The Bertz CT molecular complexity index is 2870. The van der Waals surface area contributed by atoms with Crippen molar-refractivity contribution in [3.63, 3.8) is 0 Å². The van der Waals surface area contributed by atoms with Crippen molar-refractivity contribution in [2.75, 3.05) is 57.5 Å². The standard InChI is InChI=1S/C45H51N9O7S2/c1-51(2)33-14-9-13-31(25-33)35-28-62-44(48-35)50-41(56)27-47-42(57)32-24-30-12-5-6-15-34(30)39(26-32)63(60,61)52(3)22-8-7-20-46-21-10-11-29-16-17-36-38(23-29)53(4)45(59)54(36)37-18-19-40(55)49-43(37)58/h5-6,9,12-17,23-26,28,37,46H,7-8,10-11,18-22,27H2,1-4H3,(H,47,57)(H,48,50,56)(H,49,55,58). The van der Waals surface area contributed by atoms with Crippen LogP contribution in [0.5, 0.6) is 0 Å². The molecule has 6 aromatic rings. The van der Waals surface area contributed by atoms with Gasteiger partial charge in [-0.1, -0.05) is 42.5 Å². The second-order valence-electron chi connectivity index (χ2n) is 15.8. The van der Waals surface area contributed by atoms with Gasteiger partial charge >= 0.3 is 5.69 Å². The number of imide groups is 1. The van der Waals surface area contributed by atoms with Crippen molar-refractivity contribution in [2.45, 2.75) is 49.5 Å². The number of rotatable bonds is 18. The van der Waals surface area contributed by atoms with Gasteiger partial charge in [0.05, 0.1) is 28.2 Å². The molecule has 1 saturated heterocycles. The molecule has 0 radical (unpaired) electrons. The molecule has 1 fully saturated rings. The number of amides is 4. The molecular weight excluding hydrogens is 843 g/mol. The molecule has 1 unspecified atom stereocenters. The number of aryl methyl sites for hydroxylation is 2. The second kappa shape index (κ2) is 19.5. The van der Waals surface area contributed by atoms with Gasteiger partial charge < -0.3 is 20.9 Å². The molecule has 18 heteroatoms. The first-order valence-electron chi connectivity index (χ1n) is 20.8. The zero-order valence-corrected chi connectivity index (χ0v) is 37.3. The number of sulfonamides is 1. The summed E-state index contributed by atoms with van der Waals surface area (Å²) < 4.78 is 32.3. The quantitative estimate of drug-likeness (QED) is 0.0697. The first kappa shape index (κ1) is 44.8. The highest BCUT2D eigenvalue weighted by Crippen LogP contribution is 2.30. The summed E-state index contributed by atoms with van der Waals surface area (Å²) in [7, 11) is 3.12. The number of piperidine rings is 1. The zero-order chi connectivity index (χ0) is 44.8. The number of hydrogen-bond donors (Lipinski definition) is 4. The van der Waals surface area contributed by atoms with E-state index < -0.39 is 33.8 Å². The maximum absolute atomic E-state index is 14.0. The molecule has 0 bridgehead atoms. The Hall–Kier alpha value is -6.21. The Morgan fingerprint density at radius 2 is 1.71 bits per heavy atom. The van der Waals surface area contributed by atoms with Gasteiger partial charge in [-0.2, -0.15) is 0 Å². The van der Waals surface area contributed by atoms with Crippen LogP contribution in [0.1, 0.15) is 54.1 Å². The van der Waals surface area contributed by atoms with Crippen molar-refractivity contribution in [2.24, 2.45) is 7.05 Å². The average Bonchev–Trinajstić information content (AvgIpc) is 3.84.